The molecule has 0 amide bonds. The number of halogens is 1. The van der Waals surface area contributed by atoms with Crippen molar-refractivity contribution in [3.8, 4) is 0 Å². The number of hydrogen-bond acceptors (Lipinski definition) is 2. The van der Waals surface area contributed by atoms with E-state index in [1.807, 2.05) is 13.1 Å². The summed E-state index contributed by atoms with van der Waals surface area (Å²) in [5.74, 6) is 0.858. The highest BCUT2D eigenvalue weighted by Gasteiger charge is 2.17. The van der Waals surface area contributed by atoms with E-state index in [0.29, 0.717) is 11.8 Å². The van der Waals surface area contributed by atoms with E-state index >= 15 is 0 Å². The maximum absolute atomic E-state index is 6.35. The van der Waals surface area contributed by atoms with Gasteiger partial charge in [0, 0.05) is 25.7 Å². The molecule has 0 saturated carbocycles. The molecule has 0 spiro atoms. The summed E-state index contributed by atoms with van der Waals surface area (Å²) in [7, 11) is 1.89. The molecule has 0 unspecified atom stereocenters. The predicted molar refractivity (Wildman–Crippen MR) is 88.9 cm³/mol. The van der Waals surface area contributed by atoms with Gasteiger partial charge in [-0.1, -0.05) is 62.7 Å². The van der Waals surface area contributed by atoms with E-state index in [-0.39, 0.29) is 0 Å². The third-order valence-corrected chi connectivity index (χ3v) is 4.24. The van der Waals surface area contributed by atoms with E-state index in [0.717, 1.165) is 29.5 Å². The van der Waals surface area contributed by atoms with Gasteiger partial charge in [-0.2, -0.15) is 5.10 Å². The first kappa shape index (κ1) is 16.1. The van der Waals surface area contributed by atoms with E-state index in [9.17, 15) is 0 Å². The van der Waals surface area contributed by atoms with Crippen molar-refractivity contribution in [3.05, 3.63) is 52.3 Å². The Morgan fingerprint density at radius 3 is 2.48 bits per heavy atom. The molecule has 1 aromatic carbocycles. The summed E-state index contributed by atoms with van der Waals surface area (Å²) < 4.78 is 1.76. The standard InChI is InChI=1S/C17H24ClN3/c1-12(2)16-15(17(18)21(4)20-16)11-19-10-13(3)14-8-6-5-7-9-14/h5-9,12-13,19H,10-11H2,1-4H3/t13-/m1/s1. The lowest BCUT2D eigenvalue weighted by atomic mass is 10.0. The van der Waals surface area contributed by atoms with Gasteiger partial charge in [0.25, 0.3) is 0 Å². The first-order chi connectivity index (χ1) is 10.0. The maximum atomic E-state index is 6.35. The Morgan fingerprint density at radius 1 is 1.19 bits per heavy atom. The summed E-state index contributed by atoms with van der Waals surface area (Å²) in [4.78, 5) is 0. The molecule has 0 bridgehead atoms. The minimum absolute atomic E-state index is 0.382. The summed E-state index contributed by atoms with van der Waals surface area (Å²) in [6, 6.07) is 10.6. The van der Waals surface area contributed by atoms with Crippen molar-refractivity contribution in [2.45, 2.75) is 39.2 Å². The summed E-state index contributed by atoms with van der Waals surface area (Å²) in [5, 5.41) is 8.76. The van der Waals surface area contributed by atoms with Crippen LogP contribution in [0.25, 0.3) is 0 Å². The molecule has 0 aliphatic heterocycles. The lowest BCUT2D eigenvalue weighted by Crippen LogP contribution is -2.20. The van der Waals surface area contributed by atoms with Gasteiger partial charge in [-0.05, 0) is 17.4 Å². The monoisotopic (exact) mass is 305 g/mol. The van der Waals surface area contributed by atoms with E-state index in [4.69, 9.17) is 11.6 Å². The molecular weight excluding hydrogens is 282 g/mol. The van der Waals surface area contributed by atoms with Crippen LogP contribution >= 0.6 is 11.6 Å². The van der Waals surface area contributed by atoms with Crippen LogP contribution in [0.1, 0.15) is 49.4 Å². The third-order valence-electron chi connectivity index (χ3n) is 3.77. The van der Waals surface area contributed by atoms with E-state index < -0.39 is 0 Å². The summed E-state index contributed by atoms with van der Waals surface area (Å²) in [6.45, 7) is 8.21. The molecule has 4 heteroatoms. The molecular formula is C17H24ClN3. The topological polar surface area (TPSA) is 29.9 Å². The Bertz CT molecular complexity index is 575. The number of hydrogen-bond donors (Lipinski definition) is 1. The summed E-state index contributed by atoms with van der Waals surface area (Å²) in [5.41, 5.74) is 3.56. The summed E-state index contributed by atoms with van der Waals surface area (Å²) in [6.07, 6.45) is 0. The fourth-order valence-corrected chi connectivity index (χ4v) is 2.71. The zero-order valence-electron chi connectivity index (χ0n) is 13.2. The zero-order chi connectivity index (χ0) is 15.4. The third kappa shape index (κ3) is 3.86. The Hall–Kier alpha value is -1.32. The molecule has 1 N–H and O–H groups in total. The molecule has 0 aliphatic rings. The summed E-state index contributed by atoms with van der Waals surface area (Å²) >= 11 is 6.35. The molecule has 1 atom stereocenters. The highest BCUT2D eigenvalue weighted by Crippen LogP contribution is 2.25. The van der Waals surface area contributed by atoms with E-state index in [1.54, 1.807) is 4.68 Å². The molecule has 2 rings (SSSR count). The number of benzene rings is 1. The second kappa shape index (κ2) is 7.10. The largest absolute Gasteiger partial charge is 0.312 e. The molecule has 1 aromatic heterocycles. The van der Waals surface area contributed by atoms with Crippen molar-refractivity contribution in [3.63, 3.8) is 0 Å². The minimum atomic E-state index is 0.382. The van der Waals surface area contributed by atoms with Crippen molar-refractivity contribution in [1.82, 2.24) is 15.1 Å². The van der Waals surface area contributed by atoms with Gasteiger partial charge in [0.1, 0.15) is 5.15 Å². The average Bonchev–Trinajstić information content (AvgIpc) is 2.76. The Kier molecular flexibility index (Phi) is 5.43. The van der Waals surface area contributed by atoms with Crippen LogP contribution in [0.2, 0.25) is 5.15 Å². The smallest absolute Gasteiger partial charge is 0.131 e. The zero-order valence-corrected chi connectivity index (χ0v) is 14.0. The van der Waals surface area contributed by atoms with Crippen molar-refractivity contribution in [1.29, 1.82) is 0 Å². The first-order valence-electron chi connectivity index (χ1n) is 7.47. The molecule has 0 fully saturated rings. The van der Waals surface area contributed by atoms with Crippen LogP contribution in [0, 0.1) is 0 Å². The Morgan fingerprint density at radius 2 is 1.86 bits per heavy atom. The van der Waals surface area contributed by atoms with Crippen molar-refractivity contribution >= 4 is 11.6 Å². The fourth-order valence-electron chi connectivity index (χ4n) is 2.51. The Balaban J connectivity index is 1.98. The number of nitrogens with one attached hydrogen (secondary N) is 1. The van der Waals surface area contributed by atoms with E-state index in [2.05, 4.69) is 55.5 Å². The SMILES string of the molecule is CC(C)c1nn(C)c(Cl)c1CNC[C@@H](C)c1ccccc1. The van der Waals surface area contributed by atoms with Gasteiger partial charge in [-0.25, -0.2) is 0 Å². The van der Waals surface area contributed by atoms with Gasteiger partial charge in [0.15, 0.2) is 0 Å². The highest BCUT2D eigenvalue weighted by molar-refractivity contribution is 6.30. The van der Waals surface area contributed by atoms with Gasteiger partial charge < -0.3 is 5.32 Å². The molecule has 0 saturated heterocycles. The van der Waals surface area contributed by atoms with Crippen molar-refractivity contribution in [2.24, 2.45) is 7.05 Å². The molecule has 0 aliphatic carbocycles. The first-order valence-corrected chi connectivity index (χ1v) is 7.85. The predicted octanol–water partition coefficient (Wildman–Crippen LogP) is 4.09. The van der Waals surface area contributed by atoms with Crippen molar-refractivity contribution in [2.75, 3.05) is 6.54 Å². The van der Waals surface area contributed by atoms with Crippen LogP contribution in [0.3, 0.4) is 0 Å². The Labute approximate surface area is 132 Å². The average molecular weight is 306 g/mol. The number of aromatic nitrogens is 2. The van der Waals surface area contributed by atoms with Crippen LogP contribution in [0.15, 0.2) is 30.3 Å². The minimum Gasteiger partial charge on any atom is -0.312 e. The molecule has 3 nitrogen and oxygen atoms in total. The highest BCUT2D eigenvalue weighted by atomic mass is 35.5. The lowest BCUT2D eigenvalue weighted by Gasteiger charge is -2.13. The fraction of sp³-hybridized carbons (Fsp3) is 0.471. The van der Waals surface area contributed by atoms with Crippen LogP contribution < -0.4 is 5.32 Å². The number of nitrogens with zero attached hydrogens (tertiary/aromatic N) is 2. The van der Waals surface area contributed by atoms with E-state index in [1.165, 1.54) is 5.56 Å². The van der Waals surface area contributed by atoms with Crippen LogP contribution in [0.4, 0.5) is 0 Å². The second-order valence-corrected chi connectivity index (χ2v) is 6.23. The number of aryl methyl sites for hydroxylation is 1. The lowest BCUT2D eigenvalue weighted by molar-refractivity contribution is 0.610. The van der Waals surface area contributed by atoms with Gasteiger partial charge in [-0.15, -0.1) is 0 Å². The molecule has 114 valence electrons. The molecule has 0 radical (unpaired) electrons. The van der Waals surface area contributed by atoms with Gasteiger partial charge >= 0.3 is 0 Å². The molecule has 21 heavy (non-hydrogen) atoms. The van der Waals surface area contributed by atoms with Gasteiger partial charge in [0.2, 0.25) is 0 Å². The van der Waals surface area contributed by atoms with Crippen LogP contribution in [-0.4, -0.2) is 16.3 Å². The number of rotatable bonds is 6. The maximum Gasteiger partial charge on any atom is 0.131 e. The second-order valence-electron chi connectivity index (χ2n) is 5.88. The van der Waals surface area contributed by atoms with Gasteiger partial charge in [0.05, 0.1) is 5.69 Å². The normalized spacial score (nSPS) is 12.9. The van der Waals surface area contributed by atoms with Gasteiger partial charge in [-0.3, -0.25) is 4.68 Å². The van der Waals surface area contributed by atoms with Crippen LogP contribution in [0.5, 0.6) is 0 Å². The molecule has 2 aromatic rings. The van der Waals surface area contributed by atoms with Crippen LogP contribution in [-0.2, 0) is 13.6 Å². The molecule has 1 heterocycles. The quantitative estimate of drug-likeness (QED) is 0.871. The van der Waals surface area contributed by atoms with Crippen molar-refractivity contribution < 1.29 is 0 Å².